The third-order valence-corrected chi connectivity index (χ3v) is 1.56. The molecule has 3 nitrogen and oxygen atoms in total. The van der Waals surface area contributed by atoms with Gasteiger partial charge in [0.15, 0.2) is 0 Å². The summed E-state index contributed by atoms with van der Waals surface area (Å²) >= 11 is 5.67. The molecule has 0 radical (unpaired) electrons. The van der Waals surface area contributed by atoms with Gasteiger partial charge in [0.25, 0.3) is 0 Å². The maximum atomic E-state index is 10.4. The molecule has 1 rings (SSSR count). The average Bonchev–Trinajstić information content (AvgIpc) is 2.15. The van der Waals surface area contributed by atoms with Crippen molar-refractivity contribution in [2.45, 2.75) is 6.92 Å². The highest BCUT2D eigenvalue weighted by molar-refractivity contribution is 6.30. The van der Waals surface area contributed by atoms with Gasteiger partial charge in [-0.1, -0.05) is 11.6 Å². The van der Waals surface area contributed by atoms with Crippen molar-refractivity contribution in [3.8, 4) is 5.75 Å². The lowest BCUT2D eigenvalue weighted by atomic mass is 10.3. The van der Waals surface area contributed by atoms with Crippen molar-refractivity contribution in [2.24, 2.45) is 0 Å². The van der Waals surface area contributed by atoms with Crippen LogP contribution in [0.5, 0.6) is 5.75 Å². The fourth-order valence-corrected chi connectivity index (χ4v) is 0.869. The van der Waals surface area contributed by atoms with Crippen LogP contribution < -0.4 is 4.74 Å². The lowest BCUT2D eigenvalue weighted by Gasteiger charge is -1.98. The van der Waals surface area contributed by atoms with E-state index in [1.165, 1.54) is 19.4 Å². The molecule has 74 valence electrons. The van der Waals surface area contributed by atoms with Gasteiger partial charge in [-0.25, -0.2) is 0 Å². The van der Waals surface area contributed by atoms with Crippen LogP contribution in [0.3, 0.4) is 0 Å². The van der Waals surface area contributed by atoms with Crippen molar-refractivity contribution >= 4 is 17.6 Å². The van der Waals surface area contributed by atoms with Gasteiger partial charge in [0, 0.05) is 11.9 Å². The summed E-state index contributed by atoms with van der Waals surface area (Å²) in [7, 11) is 0. The summed E-state index contributed by atoms with van der Waals surface area (Å²) in [4.78, 5) is 10.4. The summed E-state index contributed by atoms with van der Waals surface area (Å²) in [6.07, 6.45) is 2.46. The topological polar surface area (TPSA) is 35.5 Å². The van der Waals surface area contributed by atoms with Crippen molar-refractivity contribution in [3.05, 3.63) is 41.8 Å². The molecule has 0 unspecified atom stereocenters. The second-order valence-corrected chi connectivity index (χ2v) is 2.89. The maximum Gasteiger partial charge on any atom is 0.307 e. The number of ether oxygens (including phenoxy) is 2. The number of benzene rings is 1. The van der Waals surface area contributed by atoms with Crippen molar-refractivity contribution in [2.75, 3.05) is 0 Å². The van der Waals surface area contributed by atoms with Crippen LogP contribution in [0.4, 0.5) is 0 Å². The van der Waals surface area contributed by atoms with E-state index in [1.54, 1.807) is 24.3 Å². The van der Waals surface area contributed by atoms with Gasteiger partial charge >= 0.3 is 5.97 Å². The molecule has 0 fully saturated rings. The lowest BCUT2D eigenvalue weighted by Crippen LogP contribution is -1.90. The van der Waals surface area contributed by atoms with Gasteiger partial charge in [0.2, 0.25) is 0 Å². The van der Waals surface area contributed by atoms with E-state index in [9.17, 15) is 4.79 Å². The van der Waals surface area contributed by atoms with Gasteiger partial charge < -0.3 is 9.47 Å². The van der Waals surface area contributed by atoms with E-state index >= 15 is 0 Å². The molecule has 0 saturated carbocycles. The minimum atomic E-state index is -0.388. The number of hydrogen-bond donors (Lipinski definition) is 0. The van der Waals surface area contributed by atoms with Crippen molar-refractivity contribution < 1.29 is 14.3 Å². The first-order valence-electron chi connectivity index (χ1n) is 3.93. The Morgan fingerprint density at radius 3 is 2.50 bits per heavy atom. The van der Waals surface area contributed by atoms with Gasteiger partial charge in [0.05, 0.1) is 0 Å². The van der Waals surface area contributed by atoms with Crippen LogP contribution in [0.2, 0.25) is 5.02 Å². The molecule has 4 heteroatoms. The van der Waals surface area contributed by atoms with Crippen LogP contribution in [0.1, 0.15) is 6.92 Å². The Hall–Kier alpha value is -1.48. The molecular weight excluding hydrogens is 204 g/mol. The third kappa shape index (κ3) is 3.96. The molecule has 0 aliphatic rings. The van der Waals surface area contributed by atoms with Gasteiger partial charge in [-0.05, 0) is 24.3 Å². The van der Waals surface area contributed by atoms with Crippen molar-refractivity contribution in [3.63, 3.8) is 0 Å². The molecule has 1 aromatic carbocycles. The monoisotopic (exact) mass is 212 g/mol. The van der Waals surface area contributed by atoms with Crippen LogP contribution in [0, 0.1) is 0 Å². The Bertz CT molecular complexity index is 330. The molecular formula is C10H9ClO3. The summed E-state index contributed by atoms with van der Waals surface area (Å²) in [5.74, 6) is 0.235. The maximum absolute atomic E-state index is 10.4. The number of carbonyl (C=O) groups is 1. The highest BCUT2D eigenvalue weighted by Gasteiger charge is 1.90. The van der Waals surface area contributed by atoms with E-state index < -0.39 is 0 Å². The summed E-state index contributed by atoms with van der Waals surface area (Å²) < 4.78 is 9.61. The first kappa shape index (κ1) is 10.6. The molecule has 0 amide bonds. The summed E-state index contributed by atoms with van der Waals surface area (Å²) in [5.41, 5.74) is 0. The van der Waals surface area contributed by atoms with E-state index in [0.717, 1.165) is 0 Å². The normalized spacial score (nSPS) is 10.1. The van der Waals surface area contributed by atoms with Crippen LogP contribution >= 0.6 is 11.6 Å². The minimum Gasteiger partial charge on any atom is -0.462 e. The highest BCUT2D eigenvalue weighted by Crippen LogP contribution is 2.15. The second-order valence-electron chi connectivity index (χ2n) is 2.45. The molecule has 14 heavy (non-hydrogen) atoms. The van der Waals surface area contributed by atoms with E-state index in [-0.39, 0.29) is 5.97 Å². The number of hydrogen-bond acceptors (Lipinski definition) is 3. The van der Waals surface area contributed by atoms with Crippen molar-refractivity contribution in [1.82, 2.24) is 0 Å². The fraction of sp³-hybridized carbons (Fsp3) is 0.100. The molecule has 0 saturated heterocycles. The zero-order valence-corrected chi connectivity index (χ0v) is 8.32. The Morgan fingerprint density at radius 2 is 1.93 bits per heavy atom. The standard InChI is InChI=1S/C10H9ClO3/c1-8(12)13-6-7-14-10-4-2-9(11)3-5-10/h2-7H,1H3. The summed E-state index contributed by atoms with van der Waals surface area (Å²) in [6.45, 7) is 1.31. The fourth-order valence-electron chi connectivity index (χ4n) is 0.743. The van der Waals surface area contributed by atoms with Gasteiger partial charge in [0.1, 0.15) is 18.3 Å². The first-order valence-corrected chi connectivity index (χ1v) is 4.31. The van der Waals surface area contributed by atoms with Gasteiger partial charge in [-0.2, -0.15) is 0 Å². The first-order chi connectivity index (χ1) is 6.68. The Balaban J connectivity index is 2.42. The second kappa shape index (κ2) is 5.29. The molecule has 0 atom stereocenters. The summed E-state index contributed by atoms with van der Waals surface area (Å²) in [5, 5.41) is 0.640. The molecule has 1 aromatic rings. The predicted molar refractivity (Wildman–Crippen MR) is 53.0 cm³/mol. The number of carbonyl (C=O) groups excluding carboxylic acids is 1. The average molecular weight is 213 g/mol. The minimum absolute atomic E-state index is 0.388. The Morgan fingerprint density at radius 1 is 1.29 bits per heavy atom. The molecule has 0 spiro atoms. The van der Waals surface area contributed by atoms with Crippen molar-refractivity contribution in [1.29, 1.82) is 0 Å². The van der Waals surface area contributed by atoms with Gasteiger partial charge in [-0.15, -0.1) is 0 Å². The molecule has 0 heterocycles. The Labute approximate surface area is 86.9 Å². The van der Waals surface area contributed by atoms with E-state index in [1.807, 2.05) is 0 Å². The third-order valence-electron chi connectivity index (χ3n) is 1.31. The van der Waals surface area contributed by atoms with E-state index in [2.05, 4.69) is 4.74 Å². The van der Waals surface area contributed by atoms with Crippen LogP contribution in [-0.2, 0) is 9.53 Å². The zero-order chi connectivity index (χ0) is 10.4. The largest absolute Gasteiger partial charge is 0.462 e. The quantitative estimate of drug-likeness (QED) is 0.571. The zero-order valence-electron chi connectivity index (χ0n) is 7.57. The number of halogens is 1. The van der Waals surface area contributed by atoms with Crippen LogP contribution in [-0.4, -0.2) is 5.97 Å². The Kier molecular flexibility index (Phi) is 4.01. The molecule has 0 aliphatic carbocycles. The van der Waals surface area contributed by atoms with E-state index in [0.29, 0.717) is 10.8 Å². The smallest absolute Gasteiger partial charge is 0.307 e. The number of rotatable bonds is 3. The highest BCUT2D eigenvalue weighted by atomic mass is 35.5. The summed E-state index contributed by atoms with van der Waals surface area (Å²) in [6, 6.07) is 6.83. The van der Waals surface area contributed by atoms with E-state index in [4.69, 9.17) is 16.3 Å². The van der Waals surface area contributed by atoms with Crippen LogP contribution in [0.15, 0.2) is 36.8 Å². The molecule has 0 N–H and O–H groups in total. The molecule has 0 bridgehead atoms. The SMILES string of the molecule is CC(=O)OC=COc1ccc(Cl)cc1. The predicted octanol–water partition coefficient (Wildman–Crippen LogP) is 2.75. The number of esters is 1. The lowest BCUT2D eigenvalue weighted by molar-refractivity contribution is -0.135. The molecule has 0 aliphatic heterocycles. The molecule has 0 aromatic heterocycles. The van der Waals surface area contributed by atoms with Crippen LogP contribution in [0.25, 0.3) is 0 Å². The van der Waals surface area contributed by atoms with Gasteiger partial charge in [-0.3, -0.25) is 4.79 Å².